The Kier molecular flexibility index (Phi) is 4.27. The van der Waals surface area contributed by atoms with Crippen molar-refractivity contribution in [2.24, 2.45) is 11.3 Å². The summed E-state index contributed by atoms with van der Waals surface area (Å²) in [4.78, 5) is 27.6. The van der Waals surface area contributed by atoms with Crippen LogP contribution in [0.1, 0.15) is 42.9 Å². The highest BCUT2D eigenvalue weighted by Gasteiger charge is 2.64. The van der Waals surface area contributed by atoms with Crippen LogP contribution in [-0.2, 0) is 16.1 Å². The molecule has 3 unspecified atom stereocenters. The molecule has 0 aromatic heterocycles. The first-order chi connectivity index (χ1) is 12.6. The molecule has 1 saturated carbocycles. The van der Waals surface area contributed by atoms with Crippen molar-refractivity contribution in [1.29, 1.82) is 0 Å². The molecule has 4 heteroatoms. The monoisotopic (exact) mass is 349 g/mol. The number of hydrogen-bond donors (Lipinski definition) is 1. The van der Waals surface area contributed by atoms with Gasteiger partial charge in [-0.2, -0.15) is 0 Å². The minimum Gasteiger partial charge on any atom is -0.481 e. The second-order valence-corrected chi connectivity index (χ2v) is 7.41. The van der Waals surface area contributed by atoms with Crippen molar-refractivity contribution in [3.05, 3.63) is 71.8 Å². The van der Waals surface area contributed by atoms with Crippen molar-refractivity contribution in [3.8, 4) is 0 Å². The second-order valence-electron chi connectivity index (χ2n) is 7.41. The minimum absolute atomic E-state index is 0.00944. The molecule has 1 N–H and O–H groups in total. The molecular weight excluding hydrogens is 326 g/mol. The van der Waals surface area contributed by atoms with Crippen molar-refractivity contribution in [1.82, 2.24) is 4.90 Å². The van der Waals surface area contributed by atoms with Gasteiger partial charge in [0.25, 0.3) is 0 Å². The van der Waals surface area contributed by atoms with E-state index in [0.717, 1.165) is 24.0 Å². The SMILES string of the molecule is O=C1C2CCCCC2(C(=O)O)C(c2ccccc2)N1Cc1ccccc1. The van der Waals surface area contributed by atoms with E-state index in [1.54, 1.807) is 0 Å². The summed E-state index contributed by atoms with van der Waals surface area (Å²) in [5.41, 5.74) is 0.926. The maximum absolute atomic E-state index is 13.3. The number of carboxylic acid groups (broad SMARTS) is 1. The van der Waals surface area contributed by atoms with Crippen molar-refractivity contribution in [2.45, 2.75) is 38.3 Å². The lowest BCUT2D eigenvalue weighted by atomic mass is 9.63. The van der Waals surface area contributed by atoms with Crippen LogP contribution < -0.4 is 0 Å². The number of carbonyl (C=O) groups is 2. The Labute approximate surface area is 153 Å². The average Bonchev–Trinajstić information content (AvgIpc) is 2.93. The molecule has 0 radical (unpaired) electrons. The largest absolute Gasteiger partial charge is 0.481 e. The van der Waals surface area contributed by atoms with Crippen LogP contribution >= 0.6 is 0 Å². The van der Waals surface area contributed by atoms with E-state index in [-0.39, 0.29) is 5.91 Å². The van der Waals surface area contributed by atoms with Gasteiger partial charge >= 0.3 is 5.97 Å². The van der Waals surface area contributed by atoms with Crippen molar-refractivity contribution < 1.29 is 14.7 Å². The summed E-state index contributed by atoms with van der Waals surface area (Å²) < 4.78 is 0. The quantitative estimate of drug-likeness (QED) is 0.906. The molecule has 2 aromatic carbocycles. The average molecular weight is 349 g/mol. The summed E-state index contributed by atoms with van der Waals surface area (Å²) >= 11 is 0. The van der Waals surface area contributed by atoms with Crippen molar-refractivity contribution >= 4 is 11.9 Å². The van der Waals surface area contributed by atoms with E-state index in [4.69, 9.17) is 0 Å². The van der Waals surface area contributed by atoms with E-state index in [0.29, 0.717) is 19.4 Å². The summed E-state index contributed by atoms with van der Waals surface area (Å²) in [7, 11) is 0. The Bertz CT molecular complexity index is 805. The predicted octanol–water partition coefficient (Wildman–Crippen LogP) is 4.03. The lowest BCUT2D eigenvalue weighted by Gasteiger charge is -2.39. The molecule has 2 aromatic rings. The highest BCUT2D eigenvalue weighted by molar-refractivity contribution is 5.92. The molecule has 1 heterocycles. The van der Waals surface area contributed by atoms with Gasteiger partial charge in [0.1, 0.15) is 5.41 Å². The third-order valence-corrected chi connectivity index (χ3v) is 6.05. The number of carbonyl (C=O) groups excluding carboxylic acids is 1. The number of rotatable bonds is 4. The van der Waals surface area contributed by atoms with Gasteiger partial charge in [-0.3, -0.25) is 9.59 Å². The zero-order valence-electron chi connectivity index (χ0n) is 14.7. The fraction of sp³-hybridized carbons (Fsp3) is 0.364. The summed E-state index contributed by atoms with van der Waals surface area (Å²) in [6, 6.07) is 19.1. The second kappa shape index (κ2) is 6.60. The number of likely N-dealkylation sites (tertiary alicyclic amines) is 1. The molecule has 1 saturated heterocycles. The molecule has 0 bridgehead atoms. The first kappa shape index (κ1) is 16.8. The van der Waals surface area contributed by atoms with E-state index in [9.17, 15) is 14.7 Å². The van der Waals surface area contributed by atoms with Crippen LogP contribution in [0, 0.1) is 11.3 Å². The lowest BCUT2D eigenvalue weighted by molar-refractivity contribution is -0.156. The fourth-order valence-electron chi connectivity index (χ4n) is 4.91. The molecule has 2 aliphatic rings. The third-order valence-electron chi connectivity index (χ3n) is 6.05. The third kappa shape index (κ3) is 2.52. The predicted molar refractivity (Wildman–Crippen MR) is 98.2 cm³/mol. The fourth-order valence-corrected chi connectivity index (χ4v) is 4.91. The number of carboxylic acids is 1. The number of nitrogens with zero attached hydrogens (tertiary/aromatic N) is 1. The first-order valence-electron chi connectivity index (χ1n) is 9.27. The highest BCUT2D eigenvalue weighted by Crippen LogP contribution is 2.58. The van der Waals surface area contributed by atoms with Gasteiger partial charge in [-0.05, 0) is 24.0 Å². The molecule has 1 aliphatic carbocycles. The summed E-state index contributed by atoms with van der Waals surface area (Å²) in [5, 5.41) is 10.3. The van der Waals surface area contributed by atoms with Gasteiger partial charge in [0, 0.05) is 6.54 Å². The van der Waals surface area contributed by atoms with Gasteiger partial charge in [0.05, 0.1) is 12.0 Å². The van der Waals surface area contributed by atoms with Crippen LogP contribution in [0.4, 0.5) is 0 Å². The number of amides is 1. The number of aliphatic carboxylic acids is 1. The van der Waals surface area contributed by atoms with Crippen LogP contribution in [-0.4, -0.2) is 21.9 Å². The number of fused-ring (bicyclic) bond motifs is 1. The van der Waals surface area contributed by atoms with E-state index < -0.39 is 23.3 Å². The zero-order valence-corrected chi connectivity index (χ0v) is 14.7. The Hall–Kier alpha value is -2.62. The smallest absolute Gasteiger partial charge is 0.312 e. The normalized spacial score (nSPS) is 28.0. The molecule has 3 atom stereocenters. The summed E-state index contributed by atoms with van der Waals surface area (Å²) in [6.07, 6.45) is 3.01. The van der Waals surface area contributed by atoms with E-state index >= 15 is 0 Å². The molecule has 1 amide bonds. The van der Waals surface area contributed by atoms with Gasteiger partial charge in [-0.25, -0.2) is 0 Å². The van der Waals surface area contributed by atoms with Gasteiger partial charge in [0.2, 0.25) is 5.91 Å². The van der Waals surface area contributed by atoms with Crippen LogP contribution in [0.5, 0.6) is 0 Å². The van der Waals surface area contributed by atoms with Crippen LogP contribution in [0.2, 0.25) is 0 Å². The Morgan fingerprint density at radius 3 is 2.35 bits per heavy atom. The van der Waals surface area contributed by atoms with Crippen LogP contribution in [0.25, 0.3) is 0 Å². The lowest BCUT2D eigenvalue weighted by Crippen LogP contribution is -2.43. The minimum atomic E-state index is -1.02. The number of benzene rings is 2. The van der Waals surface area contributed by atoms with Gasteiger partial charge in [-0.1, -0.05) is 73.5 Å². The highest BCUT2D eigenvalue weighted by atomic mass is 16.4. The van der Waals surface area contributed by atoms with E-state index in [1.165, 1.54) is 0 Å². The maximum atomic E-state index is 13.3. The van der Waals surface area contributed by atoms with Gasteiger partial charge in [0.15, 0.2) is 0 Å². The summed E-state index contributed by atoms with van der Waals surface area (Å²) in [6.45, 7) is 0.449. The van der Waals surface area contributed by atoms with E-state index in [1.807, 2.05) is 65.6 Å². The molecule has 134 valence electrons. The Morgan fingerprint density at radius 2 is 1.69 bits per heavy atom. The molecular formula is C22H23NO3. The first-order valence-corrected chi connectivity index (χ1v) is 9.27. The number of hydrogen-bond acceptors (Lipinski definition) is 2. The standard InChI is InChI=1S/C22H23NO3/c24-20-18-13-7-8-14-22(18,21(25)26)19(17-11-5-2-6-12-17)23(20)15-16-9-3-1-4-10-16/h1-6,9-12,18-19H,7-8,13-15H2,(H,25,26). The summed E-state index contributed by atoms with van der Waals surface area (Å²) in [5.74, 6) is -1.27. The van der Waals surface area contributed by atoms with Gasteiger partial charge in [-0.15, -0.1) is 0 Å². The zero-order chi connectivity index (χ0) is 18.1. The Morgan fingerprint density at radius 1 is 1.04 bits per heavy atom. The molecule has 4 rings (SSSR count). The van der Waals surface area contributed by atoms with Gasteiger partial charge < -0.3 is 10.0 Å². The van der Waals surface area contributed by atoms with E-state index in [2.05, 4.69) is 0 Å². The van der Waals surface area contributed by atoms with Crippen LogP contribution in [0.15, 0.2) is 60.7 Å². The topological polar surface area (TPSA) is 57.6 Å². The molecule has 1 aliphatic heterocycles. The maximum Gasteiger partial charge on any atom is 0.312 e. The van der Waals surface area contributed by atoms with Crippen molar-refractivity contribution in [3.63, 3.8) is 0 Å². The Balaban J connectivity index is 1.83. The molecule has 0 spiro atoms. The molecule has 2 fully saturated rings. The van der Waals surface area contributed by atoms with Crippen LogP contribution in [0.3, 0.4) is 0 Å². The molecule has 4 nitrogen and oxygen atoms in total. The molecule has 26 heavy (non-hydrogen) atoms. The van der Waals surface area contributed by atoms with Crippen molar-refractivity contribution in [2.75, 3.05) is 0 Å².